The van der Waals surface area contributed by atoms with Crippen LogP contribution in [0.5, 0.6) is 0 Å². The minimum absolute atomic E-state index is 0.0838. The lowest BCUT2D eigenvalue weighted by molar-refractivity contribution is 0.0663. The van der Waals surface area contributed by atoms with E-state index >= 15 is 0 Å². The Labute approximate surface area is 158 Å². The second kappa shape index (κ2) is 7.29. The van der Waals surface area contributed by atoms with Crippen LogP contribution < -0.4 is 5.56 Å². The van der Waals surface area contributed by atoms with Gasteiger partial charge in [0, 0.05) is 37.1 Å². The van der Waals surface area contributed by atoms with Gasteiger partial charge in [-0.2, -0.15) is 0 Å². The average molecular weight is 370 g/mol. The molecule has 7 heteroatoms. The second-order valence-electron chi connectivity index (χ2n) is 8.20. The van der Waals surface area contributed by atoms with Crippen LogP contribution in [0.2, 0.25) is 0 Å². The van der Waals surface area contributed by atoms with Crippen LogP contribution in [0.1, 0.15) is 79.1 Å². The number of rotatable bonds is 5. The fourth-order valence-electron chi connectivity index (χ4n) is 3.74. The summed E-state index contributed by atoms with van der Waals surface area (Å²) in [5, 5.41) is 4.02. The molecule has 4 rings (SSSR count). The number of aromatic amines is 1. The number of likely N-dealkylation sites (tertiary alicyclic amines) is 1. The minimum Gasteiger partial charge on any atom is -0.351 e. The molecular formula is C20H26N4O3. The summed E-state index contributed by atoms with van der Waals surface area (Å²) in [6, 6.07) is 3.34. The molecule has 7 nitrogen and oxygen atoms in total. The molecule has 1 saturated carbocycles. The normalized spacial score (nSPS) is 20.3. The maximum atomic E-state index is 12.8. The standard InChI is InChI=1S/C20H26N4O3/c1-12(2)8-15-9-17(27-23-15)20(26)24-7-3-4-14(11-24)16-10-18(25)22-19(21-16)13-5-6-13/h9-10,12-14H,3-8,11H2,1-2H3,(H,21,22,25). The maximum absolute atomic E-state index is 12.8. The maximum Gasteiger partial charge on any atom is 0.292 e. The highest BCUT2D eigenvalue weighted by Crippen LogP contribution is 2.38. The zero-order chi connectivity index (χ0) is 19.0. The predicted octanol–water partition coefficient (Wildman–Crippen LogP) is 2.85. The molecule has 2 fully saturated rings. The number of carbonyl (C=O) groups is 1. The van der Waals surface area contributed by atoms with Gasteiger partial charge in [0.2, 0.25) is 5.76 Å². The summed E-state index contributed by atoms with van der Waals surface area (Å²) in [6.45, 7) is 5.46. The molecule has 2 aromatic rings. The Morgan fingerprint density at radius 2 is 2.11 bits per heavy atom. The third-order valence-corrected chi connectivity index (χ3v) is 5.26. The van der Waals surface area contributed by atoms with Crippen molar-refractivity contribution in [3.05, 3.63) is 45.5 Å². The Morgan fingerprint density at radius 3 is 2.85 bits per heavy atom. The van der Waals surface area contributed by atoms with E-state index in [0.717, 1.165) is 49.3 Å². The van der Waals surface area contributed by atoms with Gasteiger partial charge in [-0.15, -0.1) is 0 Å². The van der Waals surface area contributed by atoms with E-state index in [4.69, 9.17) is 9.51 Å². The molecule has 1 amide bonds. The van der Waals surface area contributed by atoms with E-state index in [0.29, 0.717) is 30.7 Å². The van der Waals surface area contributed by atoms with Gasteiger partial charge in [0.1, 0.15) is 5.82 Å². The van der Waals surface area contributed by atoms with Crippen molar-refractivity contribution in [1.82, 2.24) is 20.0 Å². The van der Waals surface area contributed by atoms with E-state index in [2.05, 4.69) is 24.0 Å². The van der Waals surface area contributed by atoms with Gasteiger partial charge in [-0.25, -0.2) is 4.98 Å². The molecule has 2 aromatic heterocycles. The number of amides is 1. The molecule has 1 N–H and O–H groups in total. The molecule has 0 aromatic carbocycles. The summed E-state index contributed by atoms with van der Waals surface area (Å²) < 4.78 is 5.29. The van der Waals surface area contributed by atoms with Crippen LogP contribution >= 0.6 is 0 Å². The van der Waals surface area contributed by atoms with Crippen molar-refractivity contribution in [2.24, 2.45) is 5.92 Å². The molecule has 0 bridgehead atoms. The lowest BCUT2D eigenvalue weighted by Gasteiger charge is -2.31. The zero-order valence-corrected chi connectivity index (χ0v) is 15.9. The third kappa shape index (κ3) is 4.12. The van der Waals surface area contributed by atoms with Gasteiger partial charge in [-0.05, 0) is 38.0 Å². The van der Waals surface area contributed by atoms with Crippen molar-refractivity contribution in [3.8, 4) is 0 Å². The third-order valence-electron chi connectivity index (χ3n) is 5.26. The van der Waals surface area contributed by atoms with E-state index in [1.165, 1.54) is 0 Å². The van der Waals surface area contributed by atoms with Crippen molar-refractivity contribution < 1.29 is 9.32 Å². The number of carbonyl (C=O) groups excluding carboxylic acids is 1. The highest BCUT2D eigenvalue weighted by atomic mass is 16.5. The van der Waals surface area contributed by atoms with Crippen LogP contribution in [-0.4, -0.2) is 39.0 Å². The van der Waals surface area contributed by atoms with Crippen molar-refractivity contribution in [1.29, 1.82) is 0 Å². The Balaban J connectivity index is 1.48. The first kappa shape index (κ1) is 17.9. The lowest BCUT2D eigenvalue weighted by Crippen LogP contribution is -2.39. The highest BCUT2D eigenvalue weighted by molar-refractivity contribution is 5.91. The van der Waals surface area contributed by atoms with E-state index in [-0.39, 0.29) is 17.4 Å². The van der Waals surface area contributed by atoms with Crippen molar-refractivity contribution in [2.75, 3.05) is 13.1 Å². The molecule has 2 aliphatic rings. The fraction of sp³-hybridized carbons (Fsp3) is 0.600. The molecule has 0 radical (unpaired) electrons. The first-order chi connectivity index (χ1) is 13.0. The van der Waals surface area contributed by atoms with Crippen molar-refractivity contribution >= 4 is 5.91 Å². The Morgan fingerprint density at radius 1 is 1.30 bits per heavy atom. The summed E-state index contributed by atoms with van der Waals surface area (Å²) in [6.07, 6.45) is 4.79. The number of hydrogen-bond acceptors (Lipinski definition) is 5. The van der Waals surface area contributed by atoms with Gasteiger partial charge in [0.05, 0.1) is 11.4 Å². The first-order valence-corrected chi connectivity index (χ1v) is 9.85. The van der Waals surface area contributed by atoms with E-state index in [9.17, 15) is 9.59 Å². The van der Waals surface area contributed by atoms with Gasteiger partial charge in [-0.3, -0.25) is 9.59 Å². The lowest BCUT2D eigenvalue weighted by atomic mass is 9.94. The van der Waals surface area contributed by atoms with Crippen LogP contribution in [-0.2, 0) is 6.42 Å². The highest BCUT2D eigenvalue weighted by Gasteiger charge is 2.31. The van der Waals surface area contributed by atoms with Crippen molar-refractivity contribution in [3.63, 3.8) is 0 Å². The Hall–Kier alpha value is -2.44. The summed E-state index contributed by atoms with van der Waals surface area (Å²) in [7, 11) is 0. The second-order valence-corrected chi connectivity index (χ2v) is 8.20. The van der Waals surface area contributed by atoms with Gasteiger partial charge >= 0.3 is 0 Å². The van der Waals surface area contributed by atoms with Crippen LogP contribution in [0, 0.1) is 5.92 Å². The summed E-state index contributed by atoms with van der Waals surface area (Å²) in [4.78, 5) is 34.2. The molecule has 1 saturated heterocycles. The topological polar surface area (TPSA) is 92.1 Å². The van der Waals surface area contributed by atoms with Gasteiger partial charge in [0.15, 0.2) is 0 Å². The number of H-pyrrole nitrogens is 1. The van der Waals surface area contributed by atoms with Crippen molar-refractivity contribution in [2.45, 2.75) is 57.8 Å². The predicted molar refractivity (Wildman–Crippen MR) is 99.8 cm³/mol. The van der Waals surface area contributed by atoms with Crippen LogP contribution in [0.15, 0.2) is 21.5 Å². The molecular weight excluding hydrogens is 344 g/mol. The van der Waals surface area contributed by atoms with E-state index in [1.807, 2.05) is 0 Å². The van der Waals surface area contributed by atoms with Gasteiger partial charge in [-0.1, -0.05) is 19.0 Å². The van der Waals surface area contributed by atoms with Gasteiger partial charge < -0.3 is 14.4 Å². The molecule has 0 spiro atoms. The molecule has 144 valence electrons. The fourth-order valence-corrected chi connectivity index (χ4v) is 3.74. The molecule has 1 aliphatic heterocycles. The zero-order valence-electron chi connectivity index (χ0n) is 15.9. The monoisotopic (exact) mass is 370 g/mol. The SMILES string of the molecule is CC(C)Cc1cc(C(=O)N2CCCC(c3cc(=O)[nH]c(C4CC4)n3)C2)on1. The Kier molecular flexibility index (Phi) is 4.85. The molecule has 27 heavy (non-hydrogen) atoms. The number of piperidine rings is 1. The molecule has 1 aliphatic carbocycles. The smallest absolute Gasteiger partial charge is 0.292 e. The number of hydrogen-bond donors (Lipinski definition) is 1. The van der Waals surface area contributed by atoms with Gasteiger partial charge in [0.25, 0.3) is 11.5 Å². The molecule has 1 unspecified atom stereocenters. The van der Waals surface area contributed by atoms with E-state index < -0.39 is 0 Å². The van der Waals surface area contributed by atoms with Crippen LogP contribution in [0.4, 0.5) is 0 Å². The molecule has 1 atom stereocenters. The summed E-state index contributed by atoms with van der Waals surface area (Å²) in [5.74, 6) is 1.90. The number of aromatic nitrogens is 3. The first-order valence-electron chi connectivity index (χ1n) is 9.85. The number of nitrogens with one attached hydrogen (secondary N) is 1. The van der Waals surface area contributed by atoms with Crippen LogP contribution in [0.3, 0.4) is 0 Å². The Bertz CT molecular complexity index is 881. The minimum atomic E-state index is -0.130. The quantitative estimate of drug-likeness (QED) is 0.874. The van der Waals surface area contributed by atoms with Crippen LogP contribution in [0.25, 0.3) is 0 Å². The summed E-state index contributed by atoms with van der Waals surface area (Å²) in [5.41, 5.74) is 1.52. The summed E-state index contributed by atoms with van der Waals surface area (Å²) >= 11 is 0. The molecule has 3 heterocycles. The average Bonchev–Trinajstić information content (AvgIpc) is 3.40. The number of nitrogens with zero attached hydrogens (tertiary/aromatic N) is 3. The van der Waals surface area contributed by atoms with E-state index in [1.54, 1.807) is 17.0 Å². The largest absolute Gasteiger partial charge is 0.351 e.